The van der Waals surface area contributed by atoms with Gasteiger partial charge >= 0.3 is 6.09 Å². The van der Waals surface area contributed by atoms with Gasteiger partial charge in [0.1, 0.15) is 11.9 Å². The highest BCUT2D eigenvalue weighted by atomic mass is 32.2. The van der Waals surface area contributed by atoms with Crippen LogP contribution >= 0.6 is 12.2 Å². The molecule has 7 nitrogen and oxygen atoms in total. The lowest BCUT2D eigenvalue weighted by atomic mass is 10.0. The highest BCUT2D eigenvalue weighted by molar-refractivity contribution is 7.83. The molecule has 4 rings (SSSR count). The van der Waals surface area contributed by atoms with Crippen molar-refractivity contribution in [1.82, 2.24) is 9.62 Å². The molecule has 10 heteroatoms. The van der Waals surface area contributed by atoms with E-state index in [2.05, 4.69) is 5.32 Å². The first-order valence-corrected chi connectivity index (χ1v) is 11.9. The third-order valence-corrected chi connectivity index (χ3v) is 7.93. The van der Waals surface area contributed by atoms with Crippen LogP contribution in [0.25, 0.3) is 0 Å². The Kier molecular flexibility index (Phi) is 6.54. The van der Waals surface area contributed by atoms with E-state index in [9.17, 15) is 13.4 Å². The Morgan fingerprint density at radius 3 is 2.63 bits per heavy atom. The third-order valence-electron chi connectivity index (χ3n) is 5.87. The fourth-order valence-corrected chi connectivity index (χ4v) is 5.67. The minimum Gasteiger partial charge on any atom is -0.442 e. The molecule has 0 spiro atoms. The van der Waals surface area contributed by atoms with Crippen molar-refractivity contribution in [3.05, 3.63) is 24.0 Å². The quantitative estimate of drug-likeness (QED) is 0.666. The fourth-order valence-electron chi connectivity index (χ4n) is 3.91. The van der Waals surface area contributed by atoms with Crippen molar-refractivity contribution in [2.75, 3.05) is 49.1 Å². The molecule has 164 valence electrons. The largest absolute Gasteiger partial charge is 0.442 e. The lowest BCUT2D eigenvalue weighted by Gasteiger charge is -2.38. The van der Waals surface area contributed by atoms with Crippen molar-refractivity contribution in [3.8, 4) is 0 Å². The molecule has 1 aromatic rings. The van der Waals surface area contributed by atoms with E-state index in [-0.39, 0.29) is 11.9 Å². The zero-order chi connectivity index (χ0) is 21.3. The molecule has 0 radical (unpaired) electrons. The number of carbonyl (C=O) groups excluding carboxylic acids is 1. The van der Waals surface area contributed by atoms with Crippen LogP contribution in [0.1, 0.15) is 26.2 Å². The van der Waals surface area contributed by atoms with Crippen LogP contribution in [-0.4, -0.2) is 70.2 Å². The number of amides is 1. The van der Waals surface area contributed by atoms with Crippen LogP contribution in [0.15, 0.2) is 18.2 Å². The maximum Gasteiger partial charge on any atom is 0.414 e. The molecule has 2 aliphatic heterocycles. The summed E-state index contributed by atoms with van der Waals surface area (Å²) in [5, 5.41) is 3.30. The number of halogens is 1. The molecule has 1 saturated carbocycles. The smallest absolute Gasteiger partial charge is 0.414 e. The van der Waals surface area contributed by atoms with Gasteiger partial charge in [-0.1, -0.05) is 18.6 Å². The van der Waals surface area contributed by atoms with Crippen LogP contribution in [0.5, 0.6) is 0 Å². The number of rotatable bonds is 6. The second-order valence-electron chi connectivity index (χ2n) is 7.93. The molecule has 2 atom stereocenters. The first-order chi connectivity index (χ1) is 14.4. The Bertz CT molecular complexity index is 843. The van der Waals surface area contributed by atoms with Gasteiger partial charge in [-0.15, -0.1) is 0 Å². The Hall–Kier alpha value is -1.78. The summed E-state index contributed by atoms with van der Waals surface area (Å²) in [4.78, 5) is 16.2. The normalized spacial score (nSPS) is 23.8. The first-order valence-electron chi connectivity index (χ1n) is 10.3. The maximum atomic E-state index is 14.9. The SMILES string of the molecule is CC(=S)NCC1CN(c2ccc(N3CCN([S@@](=O)C4CCC4)CC3)c(F)c2)C(=O)O1. The molecule has 0 bridgehead atoms. The number of carbonyl (C=O) groups is 1. The van der Waals surface area contributed by atoms with E-state index < -0.39 is 17.1 Å². The Labute approximate surface area is 184 Å². The van der Waals surface area contributed by atoms with E-state index >= 15 is 0 Å². The van der Waals surface area contributed by atoms with Crippen LogP contribution in [-0.2, 0) is 15.7 Å². The van der Waals surface area contributed by atoms with Crippen molar-refractivity contribution in [1.29, 1.82) is 0 Å². The van der Waals surface area contributed by atoms with E-state index in [1.54, 1.807) is 19.1 Å². The Morgan fingerprint density at radius 1 is 1.30 bits per heavy atom. The van der Waals surface area contributed by atoms with Crippen molar-refractivity contribution >= 4 is 45.7 Å². The summed E-state index contributed by atoms with van der Waals surface area (Å²) >= 11 is 4.98. The highest BCUT2D eigenvalue weighted by Gasteiger charge is 2.34. The lowest BCUT2D eigenvalue weighted by Crippen LogP contribution is -2.49. The van der Waals surface area contributed by atoms with E-state index in [1.165, 1.54) is 17.4 Å². The number of benzene rings is 1. The minimum absolute atomic E-state index is 0.305. The number of hydrogen-bond donors (Lipinski definition) is 1. The number of ether oxygens (including phenoxy) is 1. The molecule has 30 heavy (non-hydrogen) atoms. The molecule has 1 unspecified atom stereocenters. The van der Waals surface area contributed by atoms with Gasteiger partial charge in [0, 0.05) is 31.4 Å². The van der Waals surface area contributed by atoms with Crippen LogP contribution in [0, 0.1) is 5.82 Å². The molecular weight excluding hydrogens is 427 g/mol. The van der Waals surface area contributed by atoms with Crippen molar-refractivity contribution in [2.45, 2.75) is 37.5 Å². The molecule has 1 aromatic carbocycles. The number of nitrogens with one attached hydrogen (secondary N) is 1. The number of cyclic esters (lactones) is 1. The molecule has 3 fully saturated rings. The monoisotopic (exact) mass is 454 g/mol. The summed E-state index contributed by atoms with van der Waals surface area (Å²) in [6.07, 6.45) is 2.45. The van der Waals surface area contributed by atoms with Gasteiger partial charge in [0.25, 0.3) is 0 Å². The second kappa shape index (κ2) is 9.15. The lowest BCUT2D eigenvalue weighted by molar-refractivity contribution is 0.143. The number of anilines is 2. The zero-order valence-electron chi connectivity index (χ0n) is 17.0. The Morgan fingerprint density at radius 2 is 2.03 bits per heavy atom. The third kappa shape index (κ3) is 4.60. The zero-order valence-corrected chi connectivity index (χ0v) is 18.6. The number of hydrogen-bond acceptors (Lipinski definition) is 5. The highest BCUT2D eigenvalue weighted by Crippen LogP contribution is 2.30. The van der Waals surface area contributed by atoms with Crippen LogP contribution in [0.4, 0.5) is 20.6 Å². The molecule has 1 amide bonds. The summed E-state index contributed by atoms with van der Waals surface area (Å²) in [7, 11) is -0.917. The summed E-state index contributed by atoms with van der Waals surface area (Å²) in [5.74, 6) is -0.370. The predicted molar refractivity (Wildman–Crippen MR) is 120 cm³/mol. The summed E-state index contributed by atoms with van der Waals surface area (Å²) in [5.41, 5.74) is 0.988. The van der Waals surface area contributed by atoms with E-state index in [1.807, 2.05) is 9.21 Å². The summed E-state index contributed by atoms with van der Waals surface area (Å²) in [6, 6.07) is 4.85. The summed E-state index contributed by atoms with van der Waals surface area (Å²) in [6.45, 7) is 5.13. The van der Waals surface area contributed by atoms with Gasteiger partial charge in [0.15, 0.2) is 0 Å². The maximum absolute atomic E-state index is 14.9. The van der Waals surface area contributed by atoms with Crippen LogP contribution in [0.3, 0.4) is 0 Å². The predicted octanol–water partition coefficient (Wildman–Crippen LogP) is 2.43. The molecule has 0 aromatic heterocycles. The van der Waals surface area contributed by atoms with Crippen molar-refractivity contribution in [3.63, 3.8) is 0 Å². The average Bonchev–Trinajstić information content (AvgIpc) is 3.06. The second-order valence-corrected chi connectivity index (χ2v) is 10.3. The van der Waals surface area contributed by atoms with Crippen LogP contribution < -0.4 is 15.1 Å². The summed E-state index contributed by atoms with van der Waals surface area (Å²) < 4.78 is 34.7. The average molecular weight is 455 g/mol. The van der Waals surface area contributed by atoms with E-state index in [4.69, 9.17) is 17.0 Å². The number of thiocarbonyl (C=S) groups is 1. The van der Waals surface area contributed by atoms with Crippen molar-refractivity contribution < 1.29 is 18.1 Å². The number of piperazine rings is 1. The van der Waals surface area contributed by atoms with E-state index in [0.29, 0.717) is 60.9 Å². The number of nitrogens with zero attached hydrogens (tertiary/aromatic N) is 3. The van der Waals surface area contributed by atoms with Gasteiger partial charge < -0.3 is 15.0 Å². The van der Waals surface area contributed by atoms with Gasteiger partial charge in [-0.25, -0.2) is 17.7 Å². The topological polar surface area (TPSA) is 65.1 Å². The van der Waals surface area contributed by atoms with Gasteiger partial charge in [-0.05, 0) is 38.0 Å². The first kappa shape index (κ1) is 21.5. The van der Waals surface area contributed by atoms with Gasteiger partial charge in [0.05, 0.1) is 40.4 Å². The fraction of sp³-hybridized carbons (Fsp3) is 0.600. The molecule has 1 N–H and O–H groups in total. The van der Waals surface area contributed by atoms with Gasteiger partial charge in [-0.3, -0.25) is 4.90 Å². The van der Waals surface area contributed by atoms with Gasteiger partial charge in [0.2, 0.25) is 0 Å². The van der Waals surface area contributed by atoms with Gasteiger partial charge in [-0.2, -0.15) is 0 Å². The van der Waals surface area contributed by atoms with E-state index in [0.717, 1.165) is 12.8 Å². The molecule has 2 saturated heterocycles. The van der Waals surface area contributed by atoms with Crippen molar-refractivity contribution in [2.24, 2.45) is 0 Å². The molecule has 1 aliphatic carbocycles. The standard InChI is InChI=1S/C20H27FN4O3S2/c1-14(29)22-12-16-13-25(20(26)28-16)15-5-6-19(18(21)11-15)23-7-9-24(10-8-23)30(27)17-3-2-4-17/h5-6,11,16-17H,2-4,7-10,12-13H2,1H3,(H,22,29)/t16?,30-/m0/s1. The van der Waals surface area contributed by atoms with Crippen LogP contribution in [0.2, 0.25) is 0 Å². The Balaban J connectivity index is 1.36. The molecule has 3 aliphatic rings. The molecular formula is C20H27FN4O3S2. The minimum atomic E-state index is -0.917. The molecule has 2 heterocycles.